The second kappa shape index (κ2) is 2.89. The van der Waals surface area contributed by atoms with E-state index in [9.17, 15) is 4.79 Å². The van der Waals surface area contributed by atoms with Crippen LogP contribution in [0.4, 0.5) is 0 Å². The Bertz CT molecular complexity index is 248. The topological polar surface area (TPSA) is 37.3 Å². The standard InChI is InChI=1S/C7H9O2P/c1-10-5-3-2-4-6(10)7(8)9/h2-5,10H,1H3,(H,8,9). The van der Waals surface area contributed by atoms with Gasteiger partial charge in [-0.25, -0.2) is 4.79 Å². The molecule has 2 nitrogen and oxygen atoms in total. The average Bonchev–Trinajstić information content (AvgIpc) is 1.88. The minimum atomic E-state index is -0.881. The van der Waals surface area contributed by atoms with Gasteiger partial charge in [0.2, 0.25) is 0 Å². The van der Waals surface area contributed by atoms with Crippen molar-refractivity contribution < 1.29 is 9.90 Å². The lowest BCUT2D eigenvalue weighted by atomic mass is 10.4. The third-order valence-electron chi connectivity index (χ3n) is 1.38. The molecule has 3 heteroatoms. The first-order valence-corrected chi connectivity index (χ1v) is 5.08. The third-order valence-corrected chi connectivity index (χ3v) is 3.30. The lowest BCUT2D eigenvalue weighted by Crippen LogP contribution is -2.08. The van der Waals surface area contributed by atoms with E-state index < -0.39 is 13.5 Å². The quantitative estimate of drug-likeness (QED) is 0.578. The Labute approximate surface area is 60.3 Å². The Hall–Kier alpha value is -0.750. The van der Waals surface area contributed by atoms with Crippen molar-refractivity contribution in [2.75, 3.05) is 6.66 Å². The molecule has 0 saturated carbocycles. The zero-order chi connectivity index (χ0) is 7.56. The summed E-state index contributed by atoms with van der Waals surface area (Å²) in [6, 6.07) is 0. The summed E-state index contributed by atoms with van der Waals surface area (Å²) < 4.78 is 0. The van der Waals surface area contributed by atoms with Crippen molar-refractivity contribution in [1.82, 2.24) is 0 Å². The van der Waals surface area contributed by atoms with E-state index in [1.54, 1.807) is 12.2 Å². The van der Waals surface area contributed by atoms with Crippen molar-refractivity contribution >= 4 is 18.8 Å². The van der Waals surface area contributed by atoms with Crippen molar-refractivity contribution in [3.05, 3.63) is 24.0 Å². The lowest BCUT2D eigenvalue weighted by molar-refractivity contribution is -0.129. The molecule has 1 rings (SSSR count). The van der Waals surface area contributed by atoms with Crippen LogP contribution >= 0.6 is 7.55 Å². The van der Waals surface area contributed by atoms with Gasteiger partial charge >= 0.3 is 5.97 Å². The molecular formula is C7H9O2P. The molecule has 1 atom stereocenters. The van der Waals surface area contributed by atoms with E-state index in [1.807, 2.05) is 18.6 Å². The van der Waals surface area contributed by atoms with E-state index in [1.165, 1.54) is 0 Å². The van der Waals surface area contributed by atoms with Crippen LogP contribution in [0.5, 0.6) is 0 Å². The monoisotopic (exact) mass is 156 g/mol. The molecule has 0 aliphatic carbocycles. The van der Waals surface area contributed by atoms with Crippen LogP contribution in [0.15, 0.2) is 24.0 Å². The summed E-state index contributed by atoms with van der Waals surface area (Å²) in [5.41, 5.74) is 0. The average molecular weight is 156 g/mol. The van der Waals surface area contributed by atoms with E-state index in [4.69, 9.17) is 5.11 Å². The molecule has 10 heavy (non-hydrogen) atoms. The van der Waals surface area contributed by atoms with Gasteiger partial charge in [0.15, 0.2) is 0 Å². The smallest absolute Gasteiger partial charge is 0.335 e. The summed E-state index contributed by atoms with van der Waals surface area (Å²) in [5.74, 6) is 1.19. The molecule has 0 spiro atoms. The van der Waals surface area contributed by atoms with E-state index >= 15 is 0 Å². The predicted molar refractivity (Wildman–Crippen MR) is 45.2 cm³/mol. The predicted octanol–water partition coefficient (Wildman–Crippen LogP) is 1.17. The fourth-order valence-electron chi connectivity index (χ4n) is 0.813. The minimum absolute atomic E-state index is 0.563. The molecule has 0 aromatic heterocycles. The second-order valence-corrected chi connectivity index (χ2v) is 4.36. The molecule has 1 N–H and O–H groups in total. The van der Waals surface area contributed by atoms with Crippen molar-refractivity contribution in [2.45, 2.75) is 0 Å². The van der Waals surface area contributed by atoms with Crippen molar-refractivity contribution in [1.29, 1.82) is 0 Å². The molecule has 0 fully saturated rings. The maximum Gasteiger partial charge on any atom is 0.335 e. The summed E-state index contributed by atoms with van der Waals surface area (Å²) in [4.78, 5) is 10.5. The van der Waals surface area contributed by atoms with Gasteiger partial charge in [-0.1, -0.05) is 25.5 Å². The molecule has 0 saturated heterocycles. The number of hydrogen-bond donors (Lipinski definition) is 1. The summed E-state index contributed by atoms with van der Waals surface area (Å²) in [6.45, 7) is 1.97. The van der Waals surface area contributed by atoms with Crippen molar-refractivity contribution in [3.63, 3.8) is 0 Å². The van der Waals surface area contributed by atoms with Crippen LogP contribution in [0.1, 0.15) is 0 Å². The molecule has 0 radical (unpaired) electrons. The van der Waals surface area contributed by atoms with Crippen LogP contribution < -0.4 is 0 Å². The van der Waals surface area contributed by atoms with Crippen LogP contribution in [-0.2, 0) is 4.79 Å². The number of hydrogen-bond acceptors (Lipinski definition) is 1. The van der Waals surface area contributed by atoms with E-state index in [-0.39, 0.29) is 0 Å². The fraction of sp³-hybridized carbons (Fsp3) is 0.143. The fourth-order valence-corrected chi connectivity index (χ4v) is 2.09. The molecule has 1 aliphatic rings. The summed E-state index contributed by atoms with van der Waals surface area (Å²) in [7, 11) is -0.881. The van der Waals surface area contributed by atoms with Gasteiger partial charge in [0.25, 0.3) is 0 Å². The number of rotatable bonds is 1. The zero-order valence-electron chi connectivity index (χ0n) is 5.66. The maximum atomic E-state index is 10.5. The van der Waals surface area contributed by atoms with Crippen LogP contribution in [0, 0.1) is 0 Å². The highest BCUT2D eigenvalue weighted by Gasteiger charge is 2.05. The van der Waals surface area contributed by atoms with Gasteiger partial charge in [0, 0.05) is 0 Å². The first-order chi connectivity index (χ1) is 4.72. The van der Waals surface area contributed by atoms with Gasteiger partial charge in [-0.2, -0.15) is 0 Å². The highest BCUT2D eigenvalue weighted by molar-refractivity contribution is 7.63. The van der Waals surface area contributed by atoms with Gasteiger partial charge in [-0.15, -0.1) is 0 Å². The molecule has 1 aliphatic heterocycles. The van der Waals surface area contributed by atoms with Gasteiger partial charge in [0.1, 0.15) is 0 Å². The molecule has 1 unspecified atom stereocenters. The number of carboxylic acid groups (broad SMARTS) is 1. The summed E-state index contributed by atoms with van der Waals surface area (Å²) in [5, 5.41) is 9.17. The van der Waals surface area contributed by atoms with Crippen LogP contribution in [0.3, 0.4) is 0 Å². The first kappa shape index (κ1) is 7.36. The zero-order valence-corrected chi connectivity index (χ0v) is 6.66. The Morgan fingerprint density at radius 3 is 2.70 bits per heavy atom. The largest absolute Gasteiger partial charge is 0.478 e. The van der Waals surface area contributed by atoms with Gasteiger partial charge in [0.05, 0.1) is 5.29 Å². The third kappa shape index (κ3) is 1.39. The first-order valence-electron chi connectivity index (χ1n) is 3.01. The molecule has 0 bridgehead atoms. The van der Waals surface area contributed by atoms with Crippen LogP contribution in [0.2, 0.25) is 0 Å². The normalized spacial score (nSPS) is 23.3. The number of carbonyl (C=O) groups is 1. The highest BCUT2D eigenvalue weighted by atomic mass is 31.1. The van der Waals surface area contributed by atoms with Gasteiger partial charge in [-0.3, -0.25) is 0 Å². The molecule has 0 aromatic carbocycles. The Kier molecular flexibility index (Phi) is 2.13. The Morgan fingerprint density at radius 1 is 1.60 bits per heavy atom. The Balaban J connectivity index is 3.04. The molecule has 0 aromatic rings. The van der Waals surface area contributed by atoms with Crippen LogP contribution in [0.25, 0.3) is 0 Å². The van der Waals surface area contributed by atoms with E-state index in [0.29, 0.717) is 5.29 Å². The highest BCUT2D eigenvalue weighted by Crippen LogP contribution is 2.24. The number of carboxylic acids is 1. The van der Waals surface area contributed by atoms with Crippen molar-refractivity contribution in [2.24, 2.45) is 0 Å². The molecule has 54 valence electrons. The van der Waals surface area contributed by atoms with E-state index in [2.05, 4.69) is 0 Å². The SMILES string of the molecule is C[PH]1=C(C(=O)O)C=CC=C1. The minimum Gasteiger partial charge on any atom is -0.478 e. The van der Waals surface area contributed by atoms with E-state index in [0.717, 1.165) is 0 Å². The van der Waals surface area contributed by atoms with Crippen molar-refractivity contribution in [3.8, 4) is 0 Å². The second-order valence-electron chi connectivity index (χ2n) is 2.12. The lowest BCUT2D eigenvalue weighted by Gasteiger charge is -2.02. The Morgan fingerprint density at radius 2 is 2.30 bits per heavy atom. The van der Waals surface area contributed by atoms with Gasteiger partial charge < -0.3 is 5.11 Å². The molecule has 0 amide bonds. The summed E-state index contributed by atoms with van der Waals surface area (Å²) in [6.07, 6.45) is 5.35. The number of aliphatic carboxylic acids is 1. The maximum absolute atomic E-state index is 10.5. The number of allylic oxidation sites excluding steroid dienone is 2. The van der Waals surface area contributed by atoms with Gasteiger partial charge in [-0.05, 0) is 12.7 Å². The van der Waals surface area contributed by atoms with Crippen LogP contribution in [-0.4, -0.2) is 23.0 Å². The summed E-state index contributed by atoms with van der Waals surface area (Å²) >= 11 is 0. The molecule has 1 heterocycles. The molecular weight excluding hydrogens is 147 g/mol.